The molecule has 0 atom stereocenters. The fourth-order valence-corrected chi connectivity index (χ4v) is 3.67. The van der Waals surface area contributed by atoms with Crippen LogP contribution >= 0.6 is 11.6 Å². The number of nitrogens with zero attached hydrogens (tertiary/aromatic N) is 2. The van der Waals surface area contributed by atoms with Gasteiger partial charge in [-0.25, -0.2) is 0 Å². The third kappa shape index (κ3) is 5.00. The van der Waals surface area contributed by atoms with Gasteiger partial charge in [-0.2, -0.15) is 0 Å². The zero-order chi connectivity index (χ0) is 22.7. The zero-order valence-electron chi connectivity index (χ0n) is 18.6. The molecule has 1 heterocycles. The van der Waals surface area contributed by atoms with E-state index in [4.69, 9.17) is 11.6 Å². The quantitative estimate of drug-likeness (QED) is 0.579. The molecule has 0 bridgehead atoms. The van der Waals surface area contributed by atoms with E-state index in [1.807, 2.05) is 74.7 Å². The van der Waals surface area contributed by atoms with E-state index in [0.717, 1.165) is 22.6 Å². The van der Waals surface area contributed by atoms with Crippen LogP contribution in [-0.2, 0) is 6.54 Å². The molecule has 0 aliphatic carbocycles. The lowest BCUT2D eigenvalue weighted by molar-refractivity contribution is 0.0754. The molecule has 0 spiro atoms. The van der Waals surface area contributed by atoms with Crippen molar-refractivity contribution in [1.82, 2.24) is 14.8 Å². The van der Waals surface area contributed by atoms with Crippen molar-refractivity contribution in [2.45, 2.75) is 40.3 Å². The van der Waals surface area contributed by atoms with Crippen LogP contribution in [0.4, 0.5) is 0 Å². The Labute approximate surface area is 188 Å². The first-order valence-corrected chi connectivity index (χ1v) is 10.7. The molecule has 31 heavy (non-hydrogen) atoms. The molecule has 0 fully saturated rings. The smallest absolute Gasteiger partial charge is 0.253 e. The summed E-state index contributed by atoms with van der Waals surface area (Å²) in [5, 5.41) is 3.63. The second kappa shape index (κ2) is 9.40. The van der Waals surface area contributed by atoms with Crippen molar-refractivity contribution in [1.29, 1.82) is 0 Å². The van der Waals surface area contributed by atoms with Crippen LogP contribution in [-0.4, -0.2) is 34.4 Å². The predicted octanol–water partition coefficient (Wildman–Crippen LogP) is 5.16. The number of hydrogen-bond donors (Lipinski definition) is 1. The second-order valence-electron chi connectivity index (χ2n) is 7.99. The predicted molar refractivity (Wildman–Crippen MR) is 125 cm³/mol. The molecule has 3 rings (SSSR count). The van der Waals surface area contributed by atoms with Crippen LogP contribution in [0.15, 0.2) is 54.6 Å². The van der Waals surface area contributed by atoms with Gasteiger partial charge in [0.1, 0.15) is 0 Å². The summed E-state index contributed by atoms with van der Waals surface area (Å²) in [6, 6.07) is 16.9. The fourth-order valence-electron chi connectivity index (χ4n) is 3.49. The molecule has 2 aromatic carbocycles. The minimum Gasteiger partial charge on any atom is -0.348 e. The molecule has 0 unspecified atom stereocenters. The Morgan fingerprint density at radius 2 is 1.74 bits per heavy atom. The standard InChI is InChI=1S/C25H28ClN3O2/c1-16(2)28(5)25(31)20-11-9-19(10-12-20)15-27-24(30)23-13-17(3)29(18(23)4)22-8-6-7-21(26)14-22/h6-14,16H,15H2,1-5H3,(H,27,30). The average Bonchev–Trinajstić information content (AvgIpc) is 3.05. The van der Waals surface area contributed by atoms with Crippen molar-refractivity contribution < 1.29 is 9.59 Å². The van der Waals surface area contributed by atoms with Crippen molar-refractivity contribution in [3.05, 3.63) is 87.7 Å². The minimum atomic E-state index is -0.138. The van der Waals surface area contributed by atoms with Crippen molar-refractivity contribution in [3.8, 4) is 5.69 Å². The highest BCUT2D eigenvalue weighted by Crippen LogP contribution is 2.23. The molecule has 2 amide bonds. The summed E-state index contributed by atoms with van der Waals surface area (Å²) < 4.78 is 2.02. The molecule has 162 valence electrons. The lowest BCUT2D eigenvalue weighted by atomic mass is 10.1. The van der Waals surface area contributed by atoms with E-state index < -0.39 is 0 Å². The highest BCUT2D eigenvalue weighted by molar-refractivity contribution is 6.30. The minimum absolute atomic E-state index is 0.0148. The summed E-state index contributed by atoms with van der Waals surface area (Å²) in [6.07, 6.45) is 0. The number of hydrogen-bond acceptors (Lipinski definition) is 2. The Hall–Kier alpha value is -3.05. The summed E-state index contributed by atoms with van der Waals surface area (Å²) in [5.74, 6) is -0.153. The number of carbonyl (C=O) groups excluding carboxylic acids is 2. The maximum absolute atomic E-state index is 12.8. The van der Waals surface area contributed by atoms with Crippen molar-refractivity contribution in [3.63, 3.8) is 0 Å². The van der Waals surface area contributed by atoms with E-state index >= 15 is 0 Å². The summed E-state index contributed by atoms with van der Waals surface area (Å²) in [7, 11) is 1.79. The van der Waals surface area contributed by atoms with E-state index in [-0.39, 0.29) is 17.9 Å². The van der Waals surface area contributed by atoms with E-state index in [1.54, 1.807) is 24.1 Å². The molecule has 1 aromatic heterocycles. The van der Waals surface area contributed by atoms with Gasteiger partial charge in [-0.3, -0.25) is 9.59 Å². The number of carbonyl (C=O) groups is 2. The molecule has 6 heteroatoms. The van der Waals surface area contributed by atoms with Gasteiger partial charge in [0.15, 0.2) is 0 Å². The molecule has 0 saturated carbocycles. The van der Waals surface area contributed by atoms with Gasteiger partial charge in [-0.15, -0.1) is 0 Å². The molecular formula is C25H28ClN3O2. The van der Waals surface area contributed by atoms with Crippen LogP contribution < -0.4 is 5.32 Å². The van der Waals surface area contributed by atoms with Crippen LogP contribution in [0.1, 0.15) is 51.5 Å². The molecule has 0 aliphatic rings. The lowest BCUT2D eigenvalue weighted by Gasteiger charge is -2.21. The zero-order valence-corrected chi connectivity index (χ0v) is 19.3. The van der Waals surface area contributed by atoms with E-state index in [1.165, 1.54) is 0 Å². The highest BCUT2D eigenvalue weighted by atomic mass is 35.5. The Balaban J connectivity index is 1.70. The third-order valence-corrected chi connectivity index (χ3v) is 5.73. The monoisotopic (exact) mass is 437 g/mol. The van der Waals surface area contributed by atoms with Crippen molar-refractivity contribution >= 4 is 23.4 Å². The van der Waals surface area contributed by atoms with Gasteiger partial charge in [0, 0.05) is 47.3 Å². The summed E-state index contributed by atoms with van der Waals surface area (Å²) in [6.45, 7) is 8.23. The number of halogens is 1. The van der Waals surface area contributed by atoms with Crippen LogP contribution in [0.3, 0.4) is 0 Å². The molecule has 0 saturated heterocycles. The van der Waals surface area contributed by atoms with E-state index in [9.17, 15) is 9.59 Å². The molecule has 3 aromatic rings. The maximum atomic E-state index is 12.8. The molecular weight excluding hydrogens is 410 g/mol. The maximum Gasteiger partial charge on any atom is 0.253 e. The number of rotatable bonds is 6. The summed E-state index contributed by atoms with van der Waals surface area (Å²) in [5.41, 5.74) is 4.94. The lowest BCUT2D eigenvalue weighted by Crippen LogP contribution is -2.32. The second-order valence-corrected chi connectivity index (χ2v) is 8.43. The molecule has 0 radical (unpaired) electrons. The number of amides is 2. The molecule has 0 aliphatic heterocycles. The Morgan fingerprint density at radius 1 is 1.06 bits per heavy atom. The first kappa shape index (κ1) is 22.6. The van der Waals surface area contributed by atoms with E-state index in [0.29, 0.717) is 22.7 Å². The van der Waals surface area contributed by atoms with Gasteiger partial charge in [0.25, 0.3) is 11.8 Å². The van der Waals surface area contributed by atoms with Crippen LogP contribution in [0.5, 0.6) is 0 Å². The largest absolute Gasteiger partial charge is 0.348 e. The fraction of sp³-hybridized carbons (Fsp3) is 0.280. The average molecular weight is 438 g/mol. The normalized spacial score (nSPS) is 10.9. The van der Waals surface area contributed by atoms with Gasteiger partial charge in [-0.1, -0.05) is 29.8 Å². The Kier molecular flexibility index (Phi) is 6.86. The van der Waals surface area contributed by atoms with Gasteiger partial charge >= 0.3 is 0 Å². The highest BCUT2D eigenvalue weighted by Gasteiger charge is 2.17. The summed E-state index contributed by atoms with van der Waals surface area (Å²) in [4.78, 5) is 26.9. The Morgan fingerprint density at radius 3 is 2.35 bits per heavy atom. The Bertz CT molecular complexity index is 1100. The van der Waals surface area contributed by atoms with Crippen LogP contribution in [0, 0.1) is 13.8 Å². The van der Waals surface area contributed by atoms with Gasteiger partial charge < -0.3 is 14.8 Å². The van der Waals surface area contributed by atoms with Crippen molar-refractivity contribution in [2.24, 2.45) is 0 Å². The summed E-state index contributed by atoms with van der Waals surface area (Å²) >= 11 is 6.13. The number of nitrogens with one attached hydrogen (secondary N) is 1. The number of aromatic nitrogens is 1. The molecule has 5 nitrogen and oxygen atoms in total. The molecule has 1 N–H and O–H groups in total. The van der Waals surface area contributed by atoms with Gasteiger partial charge in [-0.05, 0) is 69.7 Å². The first-order valence-electron chi connectivity index (χ1n) is 10.3. The number of benzene rings is 2. The topological polar surface area (TPSA) is 54.3 Å². The van der Waals surface area contributed by atoms with Crippen LogP contribution in [0.2, 0.25) is 5.02 Å². The van der Waals surface area contributed by atoms with Gasteiger partial charge in [0.2, 0.25) is 0 Å². The van der Waals surface area contributed by atoms with Crippen LogP contribution in [0.25, 0.3) is 5.69 Å². The first-order chi connectivity index (χ1) is 14.7. The van der Waals surface area contributed by atoms with Crippen molar-refractivity contribution in [2.75, 3.05) is 7.05 Å². The third-order valence-electron chi connectivity index (χ3n) is 5.49. The SMILES string of the molecule is Cc1cc(C(=O)NCc2ccc(C(=O)N(C)C(C)C)cc2)c(C)n1-c1cccc(Cl)c1. The van der Waals surface area contributed by atoms with E-state index in [2.05, 4.69) is 5.32 Å². The number of aryl methyl sites for hydroxylation is 1. The van der Waals surface area contributed by atoms with Gasteiger partial charge in [0.05, 0.1) is 5.56 Å².